The first kappa shape index (κ1) is 15.5. The van der Waals surface area contributed by atoms with Crippen LogP contribution >= 0.6 is 23.2 Å². The number of aromatic nitrogens is 1. The minimum atomic E-state index is -0.476. The summed E-state index contributed by atoms with van der Waals surface area (Å²) in [5.74, 6) is 0.624. The molecule has 0 aliphatic rings. The van der Waals surface area contributed by atoms with Gasteiger partial charge >= 0.3 is 0 Å². The maximum Gasteiger partial charge on any atom is 0.287 e. The van der Waals surface area contributed by atoms with Crippen molar-refractivity contribution in [1.82, 2.24) is 4.98 Å². The van der Waals surface area contributed by atoms with Crippen molar-refractivity contribution in [3.8, 4) is 0 Å². The summed E-state index contributed by atoms with van der Waals surface area (Å²) in [5.41, 5.74) is 0.869. The SMILES string of the molecule is C[C@H](c1ccc(Cl)cc1Cl)N(C)c1ccc([N+](=O)[O-])cn1. The van der Waals surface area contributed by atoms with E-state index in [-0.39, 0.29) is 11.7 Å². The molecular formula is C14H13Cl2N3O2. The smallest absolute Gasteiger partial charge is 0.287 e. The topological polar surface area (TPSA) is 59.3 Å². The molecule has 1 aromatic heterocycles. The van der Waals surface area contributed by atoms with E-state index in [0.717, 1.165) is 5.56 Å². The third kappa shape index (κ3) is 3.43. The van der Waals surface area contributed by atoms with E-state index in [1.165, 1.54) is 12.3 Å². The average Bonchev–Trinajstić information content (AvgIpc) is 2.46. The number of halogens is 2. The molecule has 0 bridgehead atoms. The van der Waals surface area contributed by atoms with Gasteiger partial charge in [0.05, 0.1) is 11.0 Å². The highest BCUT2D eigenvalue weighted by Gasteiger charge is 2.17. The molecule has 21 heavy (non-hydrogen) atoms. The normalized spacial score (nSPS) is 12.0. The zero-order valence-electron chi connectivity index (χ0n) is 11.5. The average molecular weight is 326 g/mol. The summed E-state index contributed by atoms with van der Waals surface area (Å²) in [6.45, 7) is 1.97. The molecule has 0 aliphatic carbocycles. The highest BCUT2D eigenvalue weighted by molar-refractivity contribution is 6.35. The van der Waals surface area contributed by atoms with Gasteiger partial charge in [-0.25, -0.2) is 4.98 Å². The van der Waals surface area contributed by atoms with Crippen LogP contribution in [0.15, 0.2) is 36.5 Å². The predicted octanol–water partition coefficient (Wildman–Crippen LogP) is 4.49. The molecule has 2 rings (SSSR count). The molecule has 0 spiro atoms. The summed E-state index contributed by atoms with van der Waals surface area (Å²) in [6.07, 6.45) is 1.24. The Kier molecular flexibility index (Phi) is 4.65. The number of nitrogens with zero attached hydrogens (tertiary/aromatic N) is 3. The van der Waals surface area contributed by atoms with Gasteiger partial charge in [-0.05, 0) is 30.7 Å². The molecule has 0 aliphatic heterocycles. The molecule has 7 heteroatoms. The predicted molar refractivity (Wildman–Crippen MR) is 84.2 cm³/mol. The van der Waals surface area contributed by atoms with Gasteiger partial charge in [0, 0.05) is 23.2 Å². The molecule has 1 heterocycles. The van der Waals surface area contributed by atoms with Crippen molar-refractivity contribution in [2.24, 2.45) is 0 Å². The Morgan fingerprint density at radius 1 is 1.29 bits per heavy atom. The van der Waals surface area contributed by atoms with Gasteiger partial charge in [-0.1, -0.05) is 29.3 Å². The third-order valence-corrected chi connectivity index (χ3v) is 3.86. The number of pyridine rings is 1. The van der Waals surface area contributed by atoms with Gasteiger partial charge < -0.3 is 4.90 Å². The molecule has 0 fully saturated rings. The maximum absolute atomic E-state index is 10.6. The standard InChI is InChI=1S/C14H13Cl2N3O2/c1-9(12-5-3-10(15)7-13(12)16)18(2)14-6-4-11(8-17-14)19(20)21/h3-9H,1-2H3/t9-/m1/s1. The Morgan fingerprint density at radius 3 is 2.52 bits per heavy atom. The van der Waals surface area contributed by atoms with E-state index in [0.29, 0.717) is 15.9 Å². The van der Waals surface area contributed by atoms with Crippen LogP contribution in [0.4, 0.5) is 11.5 Å². The number of hydrogen-bond acceptors (Lipinski definition) is 4. The Hall–Kier alpha value is -1.85. The number of rotatable bonds is 4. The zero-order valence-corrected chi connectivity index (χ0v) is 13.0. The lowest BCUT2D eigenvalue weighted by atomic mass is 10.1. The number of anilines is 1. The molecule has 0 saturated carbocycles. The fourth-order valence-electron chi connectivity index (χ4n) is 1.94. The molecule has 0 N–H and O–H groups in total. The number of hydrogen-bond donors (Lipinski definition) is 0. The Morgan fingerprint density at radius 2 is 2.00 bits per heavy atom. The van der Waals surface area contributed by atoms with Crippen LogP contribution in [-0.2, 0) is 0 Å². The van der Waals surface area contributed by atoms with Gasteiger partial charge in [0.15, 0.2) is 0 Å². The molecule has 110 valence electrons. The molecular weight excluding hydrogens is 313 g/mol. The Labute approximate surface area is 132 Å². The van der Waals surface area contributed by atoms with Crippen molar-refractivity contribution in [2.75, 3.05) is 11.9 Å². The van der Waals surface area contributed by atoms with Crippen molar-refractivity contribution in [3.05, 3.63) is 62.3 Å². The molecule has 0 saturated heterocycles. The lowest BCUT2D eigenvalue weighted by Crippen LogP contribution is -2.22. The van der Waals surface area contributed by atoms with Gasteiger partial charge in [0.2, 0.25) is 0 Å². The van der Waals surface area contributed by atoms with Crippen LogP contribution < -0.4 is 4.90 Å². The van der Waals surface area contributed by atoms with Crippen molar-refractivity contribution >= 4 is 34.7 Å². The highest BCUT2D eigenvalue weighted by atomic mass is 35.5. The van der Waals surface area contributed by atoms with Crippen LogP contribution in [-0.4, -0.2) is 17.0 Å². The summed E-state index contributed by atoms with van der Waals surface area (Å²) in [7, 11) is 1.85. The van der Waals surface area contributed by atoms with E-state index in [9.17, 15) is 10.1 Å². The molecule has 1 aromatic carbocycles. The van der Waals surface area contributed by atoms with E-state index < -0.39 is 4.92 Å². The molecule has 0 radical (unpaired) electrons. The van der Waals surface area contributed by atoms with E-state index >= 15 is 0 Å². The molecule has 1 atom stereocenters. The molecule has 0 unspecified atom stereocenters. The molecule has 2 aromatic rings. The van der Waals surface area contributed by atoms with Crippen molar-refractivity contribution in [3.63, 3.8) is 0 Å². The maximum atomic E-state index is 10.6. The van der Waals surface area contributed by atoms with Crippen molar-refractivity contribution in [1.29, 1.82) is 0 Å². The van der Waals surface area contributed by atoms with E-state index in [4.69, 9.17) is 23.2 Å². The van der Waals surface area contributed by atoms with Crippen molar-refractivity contribution < 1.29 is 4.92 Å². The van der Waals surface area contributed by atoms with Crippen LogP contribution in [0, 0.1) is 10.1 Å². The van der Waals surface area contributed by atoms with Gasteiger partial charge in [-0.3, -0.25) is 10.1 Å². The quantitative estimate of drug-likeness (QED) is 0.613. The van der Waals surface area contributed by atoms with Gasteiger partial charge in [0.1, 0.15) is 12.0 Å². The first-order valence-corrected chi connectivity index (χ1v) is 6.94. The van der Waals surface area contributed by atoms with Crippen molar-refractivity contribution in [2.45, 2.75) is 13.0 Å². The van der Waals surface area contributed by atoms with E-state index in [2.05, 4.69) is 4.98 Å². The lowest BCUT2D eigenvalue weighted by Gasteiger charge is -2.27. The molecule has 5 nitrogen and oxygen atoms in total. The van der Waals surface area contributed by atoms with Gasteiger partial charge in [-0.2, -0.15) is 0 Å². The van der Waals surface area contributed by atoms with Gasteiger partial charge in [0.25, 0.3) is 5.69 Å². The highest BCUT2D eigenvalue weighted by Crippen LogP contribution is 2.31. The fraction of sp³-hybridized carbons (Fsp3) is 0.214. The summed E-state index contributed by atoms with van der Waals surface area (Å²) < 4.78 is 0. The van der Waals surface area contributed by atoms with Crippen LogP contribution in [0.1, 0.15) is 18.5 Å². The van der Waals surface area contributed by atoms with Gasteiger partial charge in [-0.15, -0.1) is 0 Å². The largest absolute Gasteiger partial charge is 0.353 e. The second-order valence-corrected chi connectivity index (χ2v) is 5.43. The fourth-order valence-corrected chi connectivity index (χ4v) is 2.51. The number of nitro groups is 1. The summed E-state index contributed by atoms with van der Waals surface area (Å²) >= 11 is 12.1. The molecule has 0 amide bonds. The zero-order chi connectivity index (χ0) is 15.6. The van der Waals surface area contributed by atoms with E-state index in [1.807, 2.05) is 24.9 Å². The summed E-state index contributed by atoms with van der Waals surface area (Å²) in [5, 5.41) is 11.8. The first-order valence-electron chi connectivity index (χ1n) is 6.18. The summed E-state index contributed by atoms with van der Waals surface area (Å²) in [6, 6.07) is 8.30. The minimum absolute atomic E-state index is 0.0377. The number of benzene rings is 1. The monoisotopic (exact) mass is 325 g/mol. The van der Waals surface area contributed by atoms with Crippen LogP contribution in [0.5, 0.6) is 0 Å². The Bertz CT molecular complexity index is 662. The first-order chi connectivity index (χ1) is 9.90. The second-order valence-electron chi connectivity index (χ2n) is 4.58. The van der Waals surface area contributed by atoms with Crippen LogP contribution in [0.2, 0.25) is 10.0 Å². The Balaban J connectivity index is 2.25. The van der Waals surface area contributed by atoms with Crippen LogP contribution in [0.3, 0.4) is 0 Å². The third-order valence-electron chi connectivity index (χ3n) is 3.30. The van der Waals surface area contributed by atoms with E-state index in [1.54, 1.807) is 18.2 Å². The van der Waals surface area contributed by atoms with Crippen LogP contribution in [0.25, 0.3) is 0 Å². The second kappa shape index (κ2) is 6.28. The lowest BCUT2D eigenvalue weighted by molar-refractivity contribution is -0.385. The minimum Gasteiger partial charge on any atom is -0.353 e. The summed E-state index contributed by atoms with van der Waals surface area (Å²) in [4.78, 5) is 16.2.